The number of H-pyrrole nitrogens is 1. The Morgan fingerprint density at radius 2 is 1.91 bits per heavy atom. The predicted octanol–water partition coefficient (Wildman–Crippen LogP) is 4.29. The Morgan fingerprint density at radius 1 is 1.12 bits per heavy atom. The van der Waals surface area contributed by atoms with Crippen molar-refractivity contribution in [2.75, 3.05) is 44.2 Å². The molecule has 0 unspecified atom stereocenters. The number of halogens is 2. The fraction of sp³-hybridized carbons (Fsp3) is 0.387. The van der Waals surface area contributed by atoms with Crippen molar-refractivity contribution < 1.29 is 18.4 Å². The molecule has 224 valence electrons. The molecule has 0 aliphatic carbocycles. The van der Waals surface area contributed by atoms with Gasteiger partial charge >= 0.3 is 0 Å². The van der Waals surface area contributed by atoms with Crippen LogP contribution in [0.4, 0.5) is 14.5 Å². The summed E-state index contributed by atoms with van der Waals surface area (Å²) in [7, 11) is 1.84. The highest BCUT2D eigenvalue weighted by Crippen LogP contribution is 2.31. The van der Waals surface area contributed by atoms with Gasteiger partial charge in [-0.05, 0) is 55.6 Å². The minimum atomic E-state index is -2.68. The predicted molar refractivity (Wildman–Crippen MR) is 159 cm³/mol. The number of benzene rings is 2. The van der Waals surface area contributed by atoms with Gasteiger partial charge in [-0.25, -0.2) is 13.8 Å². The first-order valence-corrected chi connectivity index (χ1v) is 14.5. The van der Waals surface area contributed by atoms with Crippen LogP contribution in [0, 0.1) is 5.92 Å². The van der Waals surface area contributed by atoms with E-state index in [1.807, 2.05) is 35.9 Å². The van der Waals surface area contributed by atoms with Crippen LogP contribution in [0.25, 0.3) is 27.9 Å². The van der Waals surface area contributed by atoms with Crippen LogP contribution in [-0.4, -0.2) is 85.8 Å². The lowest BCUT2D eigenvalue weighted by molar-refractivity contribution is -0.132. The number of hydrogen-bond acceptors (Lipinski definition) is 6. The van der Waals surface area contributed by atoms with E-state index in [1.165, 1.54) is 5.57 Å². The molecular formula is C31H34F2N8O2. The van der Waals surface area contributed by atoms with E-state index in [1.54, 1.807) is 34.1 Å². The third-order valence-corrected chi connectivity index (χ3v) is 8.34. The third kappa shape index (κ3) is 5.92. The second kappa shape index (κ2) is 12.0. The quantitative estimate of drug-likeness (QED) is 0.330. The Hall–Kier alpha value is -4.45. The number of nitrogens with one attached hydrogen (secondary N) is 1. The number of carbonyl (C=O) groups is 2. The maximum atomic E-state index is 13.5. The van der Waals surface area contributed by atoms with Gasteiger partial charge in [0.25, 0.3) is 6.43 Å². The maximum Gasteiger partial charge on any atom is 0.280 e. The molecule has 4 aromatic rings. The lowest BCUT2D eigenvalue weighted by Crippen LogP contribution is -2.42. The zero-order valence-corrected chi connectivity index (χ0v) is 24.2. The largest absolute Gasteiger partial charge is 0.338 e. The highest BCUT2D eigenvalue weighted by molar-refractivity contribution is 5.98. The molecule has 2 aromatic carbocycles. The average molecular weight is 589 g/mol. The number of rotatable bonds is 8. The molecule has 10 nitrogen and oxygen atoms in total. The number of hydrogen-bond donors (Lipinski definition) is 1. The lowest BCUT2D eigenvalue weighted by Gasteiger charge is -2.29. The molecule has 0 bridgehead atoms. The Kier molecular flexibility index (Phi) is 8.02. The fourth-order valence-electron chi connectivity index (χ4n) is 5.97. The van der Waals surface area contributed by atoms with E-state index in [0.29, 0.717) is 61.6 Å². The highest BCUT2D eigenvalue weighted by atomic mass is 19.3. The molecule has 4 heterocycles. The second-order valence-corrected chi connectivity index (χ2v) is 11.1. The smallest absolute Gasteiger partial charge is 0.280 e. The highest BCUT2D eigenvalue weighted by Gasteiger charge is 2.33. The standard InChI is InChI=1S/C31H34F2N8O2/c1-3-41(24-8-9-26-25(16-24)28(29(32)33)36-35-26)31(43)23-10-13-39(17-23)18-27(42)40-14-11-21(12-15-40)20-4-6-22(7-5-20)30-34-19-38(2)37-30/h4-9,11,16,19,23,29H,3,10,12-15,17-18H2,1-2H3,(H,35,36)/t23-/m1/s1. The van der Waals surface area contributed by atoms with E-state index in [9.17, 15) is 18.4 Å². The van der Waals surface area contributed by atoms with Crippen LogP contribution >= 0.6 is 0 Å². The molecule has 6 rings (SSSR count). The summed E-state index contributed by atoms with van der Waals surface area (Å²) in [4.78, 5) is 36.5. The van der Waals surface area contributed by atoms with Crippen molar-refractivity contribution in [3.05, 3.63) is 66.1 Å². The zero-order chi connectivity index (χ0) is 30.1. The van der Waals surface area contributed by atoms with E-state index in [0.717, 1.165) is 17.5 Å². The van der Waals surface area contributed by atoms with Crippen molar-refractivity contribution >= 4 is 34.0 Å². The molecule has 0 saturated carbocycles. The van der Waals surface area contributed by atoms with Crippen molar-refractivity contribution in [3.8, 4) is 11.4 Å². The van der Waals surface area contributed by atoms with Gasteiger partial charge in [0.2, 0.25) is 11.8 Å². The Balaban J connectivity index is 1.03. The summed E-state index contributed by atoms with van der Waals surface area (Å²) in [5, 5.41) is 11.0. The van der Waals surface area contributed by atoms with Gasteiger partial charge in [0.05, 0.1) is 18.0 Å². The van der Waals surface area contributed by atoms with Crippen molar-refractivity contribution in [3.63, 3.8) is 0 Å². The molecule has 2 amide bonds. The molecule has 1 N–H and O–H groups in total. The number of likely N-dealkylation sites (tertiary alicyclic amines) is 1. The monoisotopic (exact) mass is 588 g/mol. The minimum absolute atomic E-state index is 0.0530. The Morgan fingerprint density at radius 3 is 2.58 bits per heavy atom. The SMILES string of the molecule is CCN(C(=O)[C@@H]1CCN(CC(=O)N2CC=C(c3ccc(-c4ncn(C)n4)cc3)CC2)C1)c1ccc2n[nH]c(C(F)F)c2c1. The molecule has 1 atom stereocenters. The van der Waals surface area contributed by atoms with Gasteiger partial charge in [0.1, 0.15) is 12.0 Å². The van der Waals surface area contributed by atoms with Gasteiger partial charge in [0.15, 0.2) is 5.82 Å². The molecule has 12 heteroatoms. The molecule has 43 heavy (non-hydrogen) atoms. The summed E-state index contributed by atoms with van der Waals surface area (Å²) in [5.41, 5.74) is 4.06. The fourth-order valence-corrected chi connectivity index (χ4v) is 5.97. The average Bonchev–Trinajstić information content (AvgIpc) is 3.77. The zero-order valence-electron chi connectivity index (χ0n) is 24.2. The van der Waals surface area contributed by atoms with Crippen LogP contribution in [0.5, 0.6) is 0 Å². The Labute approximate surface area is 248 Å². The van der Waals surface area contributed by atoms with E-state index in [-0.39, 0.29) is 30.0 Å². The number of aromatic amines is 1. The summed E-state index contributed by atoms with van der Waals surface area (Å²) in [6, 6.07) is 13.2. The number of nitrogens with zero attached hydrogens (tertiary/aromatic N) is 7. The second-order valence-electron chi connectivity index (χ2n) is 11.1. The molecule has 1 fully saturated rings. The molecule has 1 saturated heterocycles. The van der Waals surface area contributed by atoms with Gasteiger partial charge in [-0.1, -0.05) is 30.3 Å². The molecular weight excluding hydrogens is 554 g/mol. The van der Waals surface area contributed by atoms with Crippen molar-refractivity contribution in [1.82, 2.24) is 34.8 Å². The summed E-state index contributed by atoms with van der Waals surface area (Å²) in [6.45, 7) is 4.88. The van der Waals surface area contributed by atoms with Crippen LogP contribution in [0.15, 0.2) is 54.9 Å². The number of amides is 2. The van der Waals surface area contributed by atoms with E-state index in [2.05, 4.69) is 38.5 Å². The summed E-state index contributed by atoms with van der Waals surface area (Å²) < 4.78 is 28.5. The summed E-state index contributed by atoms with van der Waals surface area (Å²) >= 11 is 0. The van der Waals surface area contributed by atoms with Gasteiger partial charge < -0.3 is 9.80 Å². The normalized spacial score (nSPS) is 17.6. The van der Waals surface area contributed by atoms with Crippen LogP contribution in [0.3, 0.4) is 0 Å². The maximum absolute atomic E-state index is 13.5. The summed E-state index contributed by atoms with van der Waals surface area (Å²) in [5.74, 6) is 0.418. The van der Waals surface area contributed by atoms with E-state index in [4.69, 9.17) is 0 Å². The first kappa shape index (κ1) is 28.7. The van der Waals surface area contributed by atoms with Crippen molar-refractivity contribution in [2.24, 2.45) is 13.0 Å². The lowest BCUT2D eigenvalue weighted by atomic mass is 9.98. The number of alkyl halides is 2. The van der Waals surface area contributed by atoms with E-state index < -0.39 is 6.43 Å². The van der Waals surface area contributed by atoms with Gasteiger partial charge in [-0.2, -0.15) is 10.2 Å². The molecule has 2 aliphatic rings. The number of fused-ring (bicyclic) bond motifs is 1. The van der Waals surface area contributed by atoms with Crippen LogP contribution in [0.1, 0.15) is 37.4 Å². The van der Waals surface area contributed by atoms with Crippen molar-refractivity contribution in [2.45, 2.75) is 26.2 Å². The Bertz CT molecular complexity index is 1660. The minimum Gasteiger partial charge on any atom is -0.338 e. The number of carbonyl (C=O) groups excluding carboxylic acids is 2. The third-order valence-electron chi connectivity index (χ3n) is 8.34. The number of aromatic nitrogens is 5. The molecule has 2 aromatic heterocycles. The van der Waals surface area contributed by atoms with Gasteiger partial charge in [0, 0.05) is 49.9 Å². The topological polar surface area (TPSA) is 103 Å². The van der Waals surface area contributed by atoms with Crippen molar-refractivity contribution in [1.29, 1.82) is 0 Å². The van der Waals surface area contributed by atoms with Gasteiger partial charge in [-0.3, -0.25) is 24.3 Å². The molecule has 0 radical (unpaired) electrons. The van der Waals surface area contributed by atoms with Crippen LogP contribution in [-0.2, 0) is 16.6 Å². The first-order chi connectivity index (χ1) is 20.8. The number of anilines is 1. The van der Waals surface area contributed by atoms with Crippen LogP contribution < -0.4 is 4.90 Å². The molecule has 0 spiro atoms. The van der Waals surface area contributed by atoms with Gasteiger partial charge in [-0.15, -0.1) is 0 Å². The summed E-state index contributed by atoms with van der Waals surface area (Å²) in [6.07, 6.45) is 2.52. The molecule has 2 aliphatic heterocycles. The van der Waals surface area contributed by atoms with E-state index >= 15 is 0 Å². The number of aryl methyl sites for hydroxylation is 1. The first-order valence-electron chi connectivity index (χ1n) is 14.5. The van der Waals surface area contributed by atoms with Crippen LogP contribution in [0.2, 0.25) is 0 Å².